The van der Waals surface area contributed by atoms with E-state index in [0.717, 1.165) is 21.9 Å². The molecule has 7 heteroatoms. The lowest BCUT2D eigenvalue weighted by atomic mass is 10.2. The number of carbonyl (C=O) groups excluding carboxylic acids is 1. The maximum Gasteiger partial charge on any atom is 0.247 e. The Kier molecular flexibility index (Phi) is 6.75. The van der Waals surface area contributed by atoms with Crippen LogP contribution in [0.1, 0.15) is 30.5 Å². The molecular formula is C25H26N4O2S. The van der Waals surface area contributed by atoms with Gasteiger partial charge in [0.05, 0.1) is 30.0 Å². The number of para-hydroxylation sites is 2. The van der Waals surface area contributed by atoms with Crippen molar-refractivity contribution in [3.05, 3.63) is 78.1 Å². The van der Waals surface area contributed by atoms with Crippen LogP contribution in [0.5, 0.6) is 5.75 Å². The molecule has 4 rings (SSSR count). The van der Waals surface area contributed by atoms with Gasteiger partial charge < -0.3 is 14.6 Å². The van der Waals surface area contributed by atoms with E-state index < -0.39 is 6.04 Å². The van der Waals surface area contributed by atoms with Gasteiger partial charge in [0.2, 0.25) is 5.91 Å². The maximum atomic E-state index is 13.4. The molecule has 32 heavy (non-hydrogen) atoms. The van der Waals surface area contributed by atoms with Crippen molar-refractivity contribution >= 4 is 34.4 Å². The van der Waals surface area contributed by atoms with Crippen molar-refractivity contribution in [3.63, 3.8) is 0 Å². The van der Waals surface area contributed by atoms with Crippen molar-refractivity contribution < 1.29 is 9.53 Å². The number of pyridine rings is 1. The highest BCUT2D eigenvalue weighted by Gasteiger charge is 2.25. The third-order valence-electron chi connectivity index (χ3n) is 5.31. The van der Waals surface area contributed by atoms with Crippen molar-refractivity contribution in [3.8, 4) is 5.75 Å². The smallest absolute Gasteiger partial charge is 0.247 e. The SMILES string of the molecule is CCC(C(=O)Nc1ccccc1OC)n1c(SCc2ccc(C)cc2)nc2ccncc21. The first kappa shape index (κ1) is 21.9. The molecule has 2 heterocycles. The highest BCUT2D eigenvalue weighted by molar-refractivity contribution is 7.98. The molecule has 0 spiro atoms. The number of rotatable bonds is 8. The molecule has 0 saturated carbocycles. The van der Waals surface area contributed by atoms with Gasteiger partial charge in [0, 0.05) is 11.9 Å². The zero-order chi connectivity index (χ0) is 22.5. The molecule has 1 unspecified atom stereocenters. The fraction of sp³-hybridized carbons (Fsp3) is 0.240. The Labute approximate surface area is 192 Å². The first-order chi connectivity index (χ1) is 15.6. The number of thioether (sulfide) groups is 1. The van der Waals surface area contributed by atoms with Gasteiger partial charge in [0.25, 0.3) is 0 Å². The molecule has 1 amide bonds. The summed E-state index contributed by atoms with van der Waals surface area (Å²) in [5.41, 5.74) is 4.77. The first-order valence-corrected chi connectivity index (χ1v) is 11.5. The predicted octanol–water partition coefficient (Wildman–Crippen LogP) is 5.63. The summed E-state index contributed by atoms with van der Waals surface area (Å²) in [6.45, 7) is 4.08. The molecule has 0 aliphatic carbocycles. The van der Waals surface area contributed by atoms with Gasteiger partial charge in [-0.2, -0.15) is 0 Å². The number of aryl methyl sites for hydroxylation is 1. The monoisotopic (exact) mass is 446 g/mol. The summed E-state index contributed by atoms with van der Waals surface area (Å²) in [5.74, 6) is 1.28. The van der Waals surface area contributed by atoms with Gasteiger partial charge in [-0.05, 0) is 37.1 Å². The van der Waals surface area contributed by atoms with Gasteiger partial charge in [-0.25, -0.2) is 4.98 Å². The van der Waals surface area contributed by atoms with Crippen molar-refractivity contribution in [1.82, 2.24) is 14.5 Å². The van der Waals surface area contributed by atoms with Gasteiger partial charge in [-0.1, -0.05) is 60.6 Å². The lowest BCUT2D eigenvalue weighted by molar-refractivity contribution is -0.119. The maximum absolute atomic E-state index is 13.4. The van der Waals surface area contributed by atoms with E-state index in [0.29, 0.717) is 17.9 Å². The molecule has 6 nitrogen and oxygen atoms in total. The molecule has 0 radical (unpaired) electrons. The summed E-state index contributed by atoms with van der Waals surface area (Å²) >= 11 is 1.63. The zero-order valence-electron chi connectivity index (χ0n) is 18.4. The van der Waals surface area contributed by atoms with Crippen molar-refractivity contribution in [2.24, 2.45) is 0 Å². The van der Waals surface area contributed by atoms with Gasteiger partial charge in [-0.15, -0.1) is 0 Å². The molecule has 0 fully saturated rings. The minimum absolute atomic E-state index is 0.114. The number of hydrogen-bond acceptors (Lipinski definition) is 5. The summed E-state index contributed by atoms with van der Waals surface area (Å²) in [6.07, 6.45) is 4.11. The fourth-order valence-corrected chi connectivity index (χ4v) is 4.62. The number of hydrogen-bond donors (Lipinski definition) is 1. The molecule has 2 aromatic carbocycles. The second-order valence-corrected chi connectivity index (χ2v) is 8.46. The second-order valence-electron chi connectivity index (χ2n) is 7.52. The summed E-state index contributed by atoms with van der Waals surface area (Å²) in [4.78, 5) is 22.5. The molecule has 2 aromatic heterocycles. The summed E-state index contributed by atoms with van der Waals surface area (Å²) in [5, 5.41) is 3.83. The number of amides is 1. The number of methoxy groups -OCH3 is 1. The number of imidazole rings is 1. The number of fused-ring (bicyclic) bond motifs is 1. The third-order valence-corrected chi connectivity index (χ3v) is 6.34. The number of ether oxygens (including phenoxy) is 1. The Morgan fingerprint density at radius 3 is 2.69 bits per heavy atom. The van der Waals surface area contributed by atoms with Crippen LogP contribution in [0.15, 0.2) is 72.1 Å². The third kappa shape index (κ3) is 4.62. The van der Waals surface area contributed by atoms with Crippen LogP contribution in [0.4, 0.5) is 5.69 Å². The minimum Gasteiger partial charge on any atom is -0.495 e. The molecule has 164 valence electrons. The number of aromatic nitrogens is 3. The van der Waals surface area contributed by atoms with E-state index in [-0.39, 0.29) is 5.91 Å². The van der Waals surface area contributed by atoms with E-state index in [1.165, 1.54) is 11.1 Å². The first-order valence-electron chi connectivity index (χ1n) is 10.5. The second kappa shape index (κ2) is 9.87. The lowest BCUT2D eigenvalue weighted by Crippen LogP contribution is -2.26. The summed E-state index contributed by atoms with van der Waals surface area (Å²) in [7, 11) is 1.59. The number of benzene rings is 2. The van der Waals surface area contributed by atoms with Gasteiger partial charge in [0.1, 0.15) is 11.8 Å². The molecular weight excluding hydrogens is 420 g/mol. The Hall–Kier alpha value is -3.32. The van der Waals surface area contributed by atoms with Crippen LogP contribution < -0.4 is 10.1 Å². The largest absolute Gasteiger partial charge is 0.495 e. The average Bonchev–Trinajstić information content (AvgIpc) is 3.18. The van der Waals surface area contributed by atoms with Crippen LogP contribution in [-0.2, 0) is 10.5 Å². The Balaban J connectivity index is 1.66. The number of nitrogens with zero attached hydrogens (tertiary/aromatic N) is 3. The Morgan fingerprint density at radius 1 is 1.16 bits per heavy atom. The van der Waals surface area contributed by atoms with E-state index in [1.807, 2.05) is 41.8 Å². The van der Waals surface area contributed by atoms with Crippen LogP contribution >= 0.6 is 11.8 Å². The van der Waals surface area contributed by atoms with Crippen LogP contribution in [0.3, 0.4) is 0 Å². The van der Waals surface area contributed by atoms with Crippen LogP contribution in [0.2, 0.25) is 0 Å². The van der Waals surface area contributed by atoms with E-state index in [9.17, 15) is 4.79 Å². The molecule has 4 aromatic rings. The minimum atomic E-state index is -0.436. The van der Waals surface area contributed by atoms with E-state index >= 15 is 0 Å². The van der Waals surface area contributed by atoms with Gasteiger partial charge >= 0.3 is 0 Å². The normalized spacial score (nSPS) is 12.0. The molecule has 1 atom stereocenters. The lowest BCUT2D eigenvalue weighted by Gasteiger charge is -2.20. The van der Waals surface area contributed by atoms with E-state index in [4.69, 9.17) is 9.72 Å². The zero-order valence-corrected chi connectivity index (χ0v) is 19.2. The van der Waals surface area contributed by atoms with Gasteiger partial charge in [0.15, 0.2) is 5.16 Å². The quantitative estimate of drug-likeness (QED) is 0.355. The highest BCUT2D eigenvalue weighted by Crippen LogP contribution is 2.32. The van der Waals surface area contributed by atoms with Gasteiger partial charge in [-0.3, -0.25) is 9.78 Å². The number of nitrogens with one attached hydrogen (secondary N) is 1. The highest BCUT2D eigenvalue weighted by atomic mass is 32.2. The molecule has 0 aliphatic rings. The molecule has 0 bridgehead atoms. The molecule has 0 aliphatic heterocycles. The summed E-state index contributed by atoms with van der Waals surface area (Å²) < 4.78 is 7.40. The van der Waals surface area contributed by atoms with Crippen molar-refractivity contribution in [1.29, 1.82) is 0 Å². The molecule has 0 saturated heterocycles. The van der Waals surface area contributed by atoms with Crippen molar-refractivity contribution in [2.75, 3.05) is 12.4 Å². The van der Waals surface area contributed by atoms with Crippen LogP contribution in [0.25, 0.3) is 11.0 Å². The van der Waals surface area contributed by atoms with Crippen LogP contribution in [0, 0.1) is 6.92 Å². The average molecular weight is 447 g/mol. The summed E-state index contributed by atoms with van der Waals surface area (Å²) in [6, 6.07) is 17.3. The predicted molar refractivity (Wildman–Crippen MR) is 129 cm³/mol. The van der Waals surface area contributed by atoms with Crippen molar-refractivity contribution in [2.45, 2.75) is 37.2 Å². The molecule has 1 N–H and O–H groups in total. The Morgan fingerprint density at radius 2 is 1.94 bits per heavy atom. The standard InChI is InChI=1S/C25H26N4O2S/c1-4-21(24(30)27-20-7-5-6-8-23(20)31-3)29-22-15-26-14-13-19(22)28-25(29)32-16-18-11-9-17(2)10-12-18/h5-15,21H,4,16H2,1-3H3,(H,27,30). The Bertz CT molecular complexity index is 1220. The fourth-order valence-electron chi connectivity index (χ4n) is 3.60. The number of anilines is 1. The number of carbonyl (C=O) groups is 1. The topological polar surface area (TPSA) is 69.0 Å². The van der Waals surface area contributed by atoms with E-state index in [1.54, 1.807) is 31.3 Å². The van der Waals surface area contributed by atoms with Crippen LogP contribution in [-0.4, -0.2) is 27.6 Å². The van der Waals surface area contributed by atoms with E-state index in [2.05, 4.69) is 41.5 Å².